The van der Waals surface area contributed by atoms with Crippen LogP contribution in [0, 0.1) is 0 Å². The fourth-order valence-corrected chi connectivity index (χ4v) is 3.14. The van der Waals surface area contributed by atoms with Crippen molar-refractivity contribution in [2.45, 2.75) is 26.3 Å². The molecule has 0 amide bonds. The maximum Gasteiger partial charge on any atom is 0.191 e. The molecule has 154 valence electrons. The van der Waals surface area contributed by atoms with Crippen molar-refractivity contribution in [1.29, 1.82) is 0 Å². The number of ether oxygens (including phenoxy) is 2. The third-order valence-corrected chi connectivity index (χ3v) is 4.83. The highest BCUT2D eigenvalue weighted by atomic mass is 127. The van der Waals surface area contributed by atoms with Crippen LogP contribution in [0.5, 0.6) is 5.75 Å². The number of nitrogens with zero attached hydrogens (tertiary/aromatic N) is 2. The van der Waals surface area contributed by atoms with Gasteiger partial charge in [-0.15, -0.1) is 24.0 Å². The van der Waals surface area contributed by atoms with Crippen LogP contribution in [-0.4, -0.2) is 69.9 Å². The Labute approximate surface area is 185 Å². The molecule has 1 aromatic carbocycles. The second kappa shape index (κ2) is 13.4. The second-order valence-corrected chi connectivity index (χ2v) is 6.76. The Balaban J connectivity index is 0.00000364. The Morgan fingerprint density at radius 2 is 2.07 bits per heavy atom. The highest BCUT2D eigenvalue weighted by Gasteiger charge is 2.16. The summed E-state index contributed by atoms with van der Waals surface area (Å²) in [6.07, 6.45) is 0.826. The van der Waals surface area contributed by atoms with Crippen molar-refractivity contribution >= 4 is 41.5 Å². The Hall–Kier alpha value is -0.770. The number of hydrogen-bond acceptors (Lipinski definition) is 4. The predicted octanol–water partition coefficient (Wildman–Crippen LogP) is 2.78. The monoisotopic (exact) mass is 510 g/mol. The molecule has 2 rings (SSSR count). The zero-order chi connectivity index (χ0) is 18.8. The first-order valence-corrected chi connectivity index (χ1v) is 9.68. The summed E-state index contributed by atoms with van der Waals surface area (Å²) in [5.74, 6) is 1.62. The quantitative estimate of drug-likeness (QED) is 0.320. The number of hydrogen-bond donors (Lipinski definition) is 2. The van der Waals surface area contributed by atoms with Crippen LogP contribution in [0.4, 0.5) is 0 Å². The van der Waals surface area contributed by atoms with Gasteiger partial charge in [0.05, 0.1) is 26.9 Å². The lowest BCUT2D eigenvalue weighted by Crippen LogP contribution is -2.44. The number of aliphatic imine (C=N–C) groups is 1. The summed E-state index contributed by atoms with van der Waals surface area (Å²) in [7, 11) is 1.64. The smallest absolute Gasteiger partial charge is 0.191 e. The summed E-state index contributed by atoms with van der Waals surface area (Å²) in [4.78, 5) is 7.15. The third-order valence-electron chi connectivity index (χ3n) is 4.47. The number of halogens is 2. The van der Waals surface area contributed by atoms with E-state index in [1.165, 1.54) is 0 Å². The van der Waals surface area contributed by atoms with Gasteiger partial charge in [0.25, 0.3) is 0 Å². The lowest BCUT2D eigenvalue weighted by atomic mass is 10.1. The van der Waals surface area contributed by atoms with Crippen LogP contribution in [-0.2, 0) is 11.2 Å². The van der Waals surface area contributed by atoms with E-state index in [4.69, 9.17) is 26.1 Å². The number of benzene rings is 1. The summed E-state index contributed by atoms with van der Waals surface area (Å²) >= 11 is 6.30. The van der Waals surface area contributed by atoms with E-state index in [0.717, 1.165) is 74.7 Å². The van der Waals surface area contributed by atoms with E-state index in [-0.39, 0.29) is 24.0 Å². The van der Waals surface area contributed by atoms with E-state index in [9.17, 15) is 0 Å². The average molecular weight is 511 g/mol. The van der Waals surface area contributed by atoms with Gasteiger partial charge in [-0.25, -0.2) is 0 Å². The van der Waals surface area contributed by atoms with Crippen LogP contribution in [0.25, 0.3) is 0 Å². The SMILES string of the molecule is CCNC(=NCC(C)N1CCOCC1)NCCc1ccc(OC)cc1Cl.I. The van der Waals surface area contributed by atoms with Crippen molar-refractivity contribution in [1.82, 2.24) is 15.5 Å². The van der Waals surface area contributed by atoms with E-state index >= 15 is 0 Å². The molecule has 2 N–H and O–H groups in total. The van der Waals surface area contributed by atoms with Gasteiger partial charge in [0.1, 0.15) is 5.75 Å². The summed E-state index contributed by atoms with van der Waals surface area (Å²) < 4.78 is 10.6. The molecule has 1 fully saturated rings. The number of nitrogens with one attached hydrogen (secondary N) is 2. The van der Waals surface area contributed by atoms with Crippen molar-refractivity contribution in [3.63, 3.8) is 0 Å². The van der Waals surface area contributed by atoms with Gasteiger partial charge in [0.2, 0.25) is 0 Å². The molecule has 0 spiro atoms. The molecule has 0 aromatic heterocycles. The Morgan fingerprint density at radius 1 is 1.33 bits per heavy atom. The molecule has 1 heterocycles. The molecular weight excluding hydrogens is 479 g/mol. The van der Waals surface area contributed by atoms with Crippen LogP contribution in [0.15, 0.2) is 23.2 Å². The molecule has 0 aliphatic carbocycles. The van der Waals surface area contributed by atoms with Crippen LogP contribution >= 0.6 is 35.6 Å². The van der Waals surface area contributed by atoms with Crippen LogP contribution in [0.1, 0.15) is 19.4 Å². The summed E-state index contributed by atoms with van der Waals surface area (Å²) in [5, 5.41) is 7.42. The van der Waals surface area contributed by atoms with Gasteiger partial charge < -0.3 is 20.1 Å². The lowest BCUT2D eigenvalue weighted by Gasteiger charge is -2.31. The number of guanidine groups is 1. The first kappa shape index (κ1) is 24.3. The molecule has 27 heavy (non-hydrogen) atoms. The molecule has 1 unspecified atom stereocenters. The molecule has 1 aromatic rings. The van der Waals surface area contributed by atoms with Crippen molar-refractivity contribution in [2.24, 2.45) is 4.99 Å². The molecule has 8 heteroatoms. The van der Waals surface area contributed by atoms with Crippen LogP contribution in [0.3, 0.4) is 0 Å². The molecule has 0 bridgehead atoms. The minimum absolute atomic E-state index is 0. The Bertz CT molecular complexity index is 583. The summed E-state index contributed by atoms with van der Waals surface area (Å²) in [6, 6.07) is 6.20. The lowest BCUT2D eigenvalue weighted by molar-refractivity contribution is 0.0220. The molecule has 6 nitrogen and oxygen atoms in total. The van der Waals surface area contributed by atoms with Gasteiger partial charge in [-0.05, 0) is 38.0 Å². The van der Waals surface area contributed by atoms with E-state index in [2.05, 4.69) is 29.4 Å². The van der Waals surface area contributed by atoms with E-state index in [0.29, 0.717) is 6.04 Å². The van der Waals surface area contributed by atoms with Gasteiger partial charge in [-0.1, -0.05) is 17.7 Å². The number of rotatable bonds is 8. The van der Waals surface area contributed by atoms with Crippen LogP contribution < -0.4 is 15.4 Å². The summed E-state index contributed by atoms with van der Waals surface area (Å²) in [5.41, 5.74) is 1.09. The summed E-state index contributed by atoms with van der Waals surface area (Å²) in [6.45, 7) is 10.2. The minimum atomic E-state index is 0. The van der Waals surface area contributed by atoms with Crippen LogP contribution in [0.2, 0.25) is 5.02 Å². The second-order valence-electron chi connectivity index (χ2n) is 6.35. The maximum absolute atomic E-state index is 6.30. The normalized spacial score (nSPS) is 16.4. The van der Waals surface area contributed by atoms with E-state index in [1.54, 1.807) is 7.11 Å². The zero-order valence-electron chi connectivity index (χ0n) is 16.5. The fraction of sp³-hybridized carbons (Fsp3) is 0.632. The minimum Gasteiger partial charge on any atom is -0.497 e. The highest BCUT2D eigenvalue weighted by Crippen LogP contribution is 2.22. The topological polar surface area (TPSA) is 58.1 Å². The van der Waals surface area contributed by atoms with Crippen molar-refractivity contribution in [3.8, 4) is 5.75 Å². The highest BCUT2D eigenvalue weighted by molar-refractivity contribution is 14.0. The number of methoxy groups -OCH3 is 1. The van der Waals surface area contributed by atoms with E-state index in [1.807, 2.05) is 18.2 Å². The van der Waals surface area contributed by atoms with Crippen molar-refractivity contribution < 1.29 is 9.47 Å². The van der Waals surface area contributed by atoms with Crippen molar-refractivity contribution in [2.75, 3.05) is 53.0 Å². The predicted molar refractivity (Wildman–Crippen MR) is 123 cm³/mol. The zero-order valence-corrected chi connectivity index (χ0v) is 19.5. The molecule has 1 saturated heterocycles. The van der Waals surface area contributed by atoms with Gasteiger partial charge in [-0.3, -0.25) is 9.89 Å². The number of morpholine rings is 1. The first-order chi connectivity index (χ1) is 12.6. The third kappa shape index (κ3) is 8.41. The average Bonchev–Trinajstić information content (AvgIpc) is 2.67. The van der Waals surface area contributed by atoms with Gasteiger partial charge in [0.15, 0.2) is 5.96 Å². The van der Waals surface area contributed by atoms with Gasteiger partial charge >= 0.3 is 0 Å². The van der Waals surface area contributed by atoms with Gasteiger partial charge in [-0.2, -0.15) is 0 Å². The largest absolute Gasteiger partial charge is 0.497 e. The van der Waals surface area contributed by atoms with Crippen molar-refractivity contribution in [3.05, 3.63) is 28.8 Å². The van der Waals surface area contributed by atoms with E-state index < -0.39 is 0 Å². The molecule has 0 radical (unpaired) electrons. The molecule has 0 saturated carbocycles. The Morgan fingerprint density at radius 3 is 2.70 bits per heavy atom. The maximum atomic E-state index is 6.30. The first-order valence-electron chi connectivity index (χ1n) is 9.30. The standard InChI is InChI=1S/C19H31ClN4O2.HI/c1-4-21-19(23-14-15(2)24-9-11-26-12-10-24)22-8-7-16-5-6-17(25-3)13-18(16)20;/h5-6,13,15H,4,7-12,14H2,1-3H3,(H2,21,22,23);1H. The molecule has 1 aliphatic heterocycles. The Kier molecular flexibility index (Phi) is 12.1. The molecule has 1 atom stereocenters. The van der Waals surface area contributed by atoms with Gasteiger partial charge in [0, 0.05) is 37.2 Å². The molecular formula is C19H32ClIN4O2. The molecule has 1 aliphatic rings. The fourth-order valence-electron chi connectivity index (χ4n) is 2.87.